The first-order valence-electron chi connectivity index (χ1n) is 5.75. The van der Waals surface area contributed by atoms with Gasteiger partial charge < -0.3 is 10.1 Å². The van der Waals surface area contributed by atoms with Gasteiger partial charge in [0.05, 0.1) is 0 Å². The molecule has 2 fully saturated rings. The summed E-state index contributed by atoms with van der Waals surface area (Å²) in [6.07, 6.45) is 4.18. The first-order chi connectivity index (χ1) is 7.25. The van der Waals surface area contributed by atoms with Crippen molar-refractivity contribution in [3.05, 3.63) is 0 Å². The second-order valence-electron chi connectivity index (χ2n) is 4.57. The fourth-order valence-electron chi connectivity index (χ4n) is 2.17. The normalized spacial score (nSPS) is 32.1. The van der Waals surface area contributed by atoms with E-state index in [-0.39, 0.29) is 11.8 Å². The number of rotatable bonds is 3. The van der Waals surface area contributed by atoms with Gasteiger partial charge in [-0.1, -0.05) is 15.9 Å². The molecule has 1 amide bonds. The van der Waals surface area contributed by atoms with Crippen molar-refractivity contribution in [3.63, 3.8) is 0 Å². The SMILES string of the molecule is O=C(NCC1CC(Br)C1)C1CCOCC1. The minimum atomic E-state index is 0.193. The molecule has 1 aliphatic carbocycles. The third-order valence-corrected chi connectivity index (χ3v) is 4.08. The number of hydrogen-bond acceptors (Lipinski definition) is 2. The van der Waals surface area contributed by atoms with Crippen molar-refractivity contribution in [3.8, 4) is 0 Å². The molecule has 15 heavy (non-hydrogen) atoms. The van der Waals surface area contributed by atoms with Gasteiger partial charge in [0.25, 0.3) is 0 Å². The maximum Gasteiger partial charge on any atom is 0.223 e. The van der Waals surface area contributed by atoms with Crippen LogP contribution in [0.15, 0.2) is 0 Å². The summed E-state index contributed by atoms with van der Waals surface area (Å²) in [6.45, 7) is 2.34. The van der Waals surface area contributed by atoms with Gasteiger partial charge in [-0.05, 0) is 31.6 Å². The van der Waals surface area contributed by atoms with Crippen LogP contribution in [0.3, 0.4) is 0 Å². The first-order valence-corrected chi connectivity index (χ1v) is 6.67. The minimum absolute atomic E-state index is 0.193. The third kappa shape index (κ3) is 3.18. The fraction of sp³-hybridized carbons (Fsp3) is 0.909. The molecule has 0 aromatic heterocycles. The Morgan fingerprint density at radius 1 is 1.33 bits per heavy atom. The van der Waals surface area contributed by atoms with E-state index in [1.165, 1.54) is 12.8 Å². The Hall–Kier alpha value is -0.0900. The summed E-state index contributed by atoms with van der Waals surface area (Å²) in [7, 11) is 0. The van der Waals surface area contributed by atoms with E-state index < -0.39 is 0 Å². The van der Waals surface area contributed by atoms with Gasteiger partial charge in [-0.25, -0.2) is 0 Å². The van der Waals surface area contributed by atoms with Gasteiger partial charge in [0.1, 0.15) is 0 Å². The van der Waals surface area contributed by atoms with E-state index in [1.807, 2.05) is 0 Å². The molecule has 2 rings (SSSR count). The molecular formula is C11H18BrNO2. The summed E-state index contributed by atoms with van der Waals surface area (Å²) in [6, 6.07) is 0. The lowest BCUT2D eigenvalue weighted by Gasteiger charge is -2.32. The smallest absolute Gasteiger partial charge is 0.223 e. The highest BCUT2D eigenvalue weighted by molar-refractivity contribution is 9.09. The van der Waals surface area contributed by atoms with Crippen molar-refractivity contribution < 1.29 is 9.53 Å². The van der Waals surface area contributed by atoms with Gasteiger partial charge in [0.15, 0.2) is 0 Å². The topological polar surface area (TPSA) is 38.3 Å². The fourth-order valence-corrected chi connectivity index (χ4v) is 3.23. The number of amides is 1. The lowest BCUT2D eigenvalue weighted by Crippen LogP contribution is -2.40. The highest BCUT2D eigenvalue weighted by Crippen LogP contribution is 2.32. The number of carbonyl (C=O) groups is 1. The predicted molar refractivity (Wildman–Crippen MR) is 62.0 cm³/mol. The summed E-state index contributed by atoms with van der Waals surface area (Å²) in [4.78, 5) is 12.4. The Balaban J connectivity index is 1.63. The average molecular weight is 276 g/mol. The number of halogens is 1. The Morgan fingerprint density at radius 2 is 2.00 bits per heavy atom. The van der Waals surface area contributed by atoms with E-state index >= 15 is 0 Å². The summed E-state index contributed by atoms with van der Waals surface area (Å²) in [5.41, 5.74) is 0. The number of ether oxygens (including phenoxy) is 1. The minimum Gasteiger partial charge on any atom is -0.381 e. The molecule has 1 heterocycles. The van der Waals surface area contributed by atoms with Crippen LogP contribution in [-0.2, 0) is 9.53 Å². The molecule has 1 saturated carbocycles. The van der Waals surface area contributed by atoms with Crippen LogP contribution in [0.4, 0.5) is 0 Å². The molecule has 0 unspecified atom stereocenters. The zero-order chi connectivity index (χ0) is 10.7. The van der Waals surface area contributed by atoms with Crippen LogP contribution in [0, 0.1) is 11.8 Å². The van der Waals surface area contributed by atoms with Crippen LogP contribution in [0.25, 0.3) is 0 Å². The van der Waals surface area contributed by atoms with Crippen LogP contribution >= 0.6 is 15.9 Å². The predicted octanol–water partition coefficient (Wildman–Crippen LogP) is 1.70. The summed E-state index contributed by atoms with van der Waals surface area (Å²) in [5.74, 6) is 1.12. The molecule has 0 bridgehead atoms. The Bertz CT molecular complexity index is 223. The molecule has 0 spiro atoms. The number of carbonyl (C=O) groups excluding carboxylic acids is 1. The average Bonchev–Trinajstić information content (AvgIpc) is 2.23. The van der Waals surface area contributed by atoms with Crippen LogP contribution in [-0.4, -0.2) is 30.5 Å². The van der Waals surface area contributed by atoms with Crippen LogP contribution in [0.1, 0.15) is 25.7 Å². The Kier molecular flexibility index (Phi) is 4.03. The van der Waals surface area contributed by atoms with Crippen molar-refractivity contribution in [1.29, 1.82) is 0 Å². The van der Waals surface area contributed by atoms with Gasteiger partial charge in [-0.2, -0.15) is 0 Å². The molecule has 1 saturated heterocycles. The maximum absolute atomic E-state index is 11.7. The quantitative estimate of drug-likeness (QED) is 0.797. The monoisotopic (exact) mass is 275 g/mol. The van der Waals surface area contributed by atoms with Crippen LogP contribution < -0.4 is 5.32 Å². The molecule has 1 aliphatic heterocycles. The van der Waals surface area contributed by atoms with E-state index in [2.05, 4.69) is 21.2 Å². The Labute approximate surface area is 99.1 Å². The van der Waals surface area contributed by atoms with Crippen molar-refractivity contribution in [2.45, 2.75) is 30.5 Å². The zero-order valence-corrected chi connectivity index (χ0v) is 10.5. The number of hydrogen-bond donors (Lipinski definition) is 1. The van der Waals surface area contributed by atoms with Crippen molar-refractivity contribution in [2.75, 3.05) is 19.8 Å². The second kappa shape index (κ2) is 5.30. The molecule has 0 aromatic rings. The maximum atomic E-state index is 11.7. The van der Waals surface area contributed by atoms with E-state index in [1.54, 1.807) is 0 Å². The van der Waals surface area contributed by atoms with Crippen LogP contribution in [0.2, 0.25) is 0 Å². The highest BCUT2D eigenvalue weighted by atomic mass is 79.9. The zero-order valence-electron chi connectivity index (χ0n) is 8.88. The molecule has 0 aromatic carbocycles. The van der Waals surface area contributed by atoms with Crippen molar-refractivity contribution in [1.82, 2.24) is 5.32 Å². The molecule has 1 N–H and O–H groups in total. The summed E-state index contributed by atoms with van der Waals surface area (Å²) >= 11 is 3.55. The van der Waals surface area contributed by atoms with Gasteiger partial charge in [-0.15, -0.1) is 0 Å². The standard InChI is InChI=1S/C11H18BrNO2/c12-10-5-8(6-10)7-13-11(14)9-1-3-15-4-2-9/h8-10H,1-7H2,(H,13,14). The van der Waals surface area contributed by atoms with Crippen LogP contribution in [0.5, 0.6) is 0 Å². The van der Waals surface area contributed by atoms with E-state index in [4.69, 9.17) is 4.74 Å². The molecule has 4 heteroatoms. The highest BCUT2D eigenvalue weighted by Gasteiger charge is 2.28. The van der Waals surface area contributed by atoms with E-state index in [0.717, 1.165) is 32.6 Å². The Morgan fingerprint density at radius 3 is 2.60 bits per heavy atom. The molecule has 0 radical (unpaired) electrons. The molecule has 0 atom stereocenters. The molecule has 3 nitrogen and oxygen atoms in total. The van der Waals surface area contributed by atoms with E-state index in [0.29, 0.717) is 10.7 Å². The van der Waals surface area contributed by atoms with Gasteiger partial charge in [0, 0.05) is 30.5 Å². The second-order valence-corrected chi connectivity index (χ2v) is 5.86. The number of nitrogens with one attached hydrogen (secondary N) is 1. The molecule has 2 aliphatic rings. The summed E-state index contributed by atoms with van der Waals surface area (Å²) in [5, 5.41) is 3.06. The first kappa shape index (κ1) is 11.4. The van der Waals surface area contributed by atoms with Crippen molar-refractivity contribution >= 4 is 21.8 Å². The van der Waals surface area contributed by atoms with Gasteiger partial charge >= 0.3 is 0 Å². The van der Waals surface area contributed by atoms with Gasteiger partial charge in [-0.3, -0.25) is 4.79 Å². The lowest BCUT2D eigenvalue weighted by atomic mass is 9.85. The van der Waals surface area contributed by atoms with Gasteiger partial charge in [0.2, 0.25) is 5.91 Å². The number of alkyl halides is 1. The molecular weight excluding hydrogens is 258 g/mol. The van der Waals surface area contributed by atoms with E-state index in [9.17, 15) is 4.79 Å². The largest absolute Gasteiger partial charge is 0.381 e. The third-order valence-electron chi connectivity index (χ3n) is 3.34. The summed E-state index contributed by atoms with van der Waals surface area (Å²) < 4.78 is 5.24. The lowest BCUT2D eigenvalue weighted by molar-refractivity contribution is -0.128. The molecule has 86 valence electrons. The van der Waals surface area contributed by atoms with Crippen molar-refractivity contribution in [2.24, 2.45) is 11.8 Å².